The van der Waals surface area contributed by atoms with Gasteiger partial charge in [0.2, 0.25) is 0 Å². The van der Waals surface area contributed by atoms with Crippen molar-refractivity contribution >= 4 is 17.4 Å². The maximum atomic E-state index is 12.9. The van der Waals surface area contributed by atoms with Crippen molar-refractivity contribution in [2.24, 2.45) is 5.16 Å². The lowest BCUT2D eigenvalue weighted by Gasteiger charge is -2.37. The highest BCUT2D eigenvalue weighted by Crippen LogP contribution is 2.38. The lowest BCUT2D eigenvalue weighted by Crippen LogP contribution is -2.48. The highest BCUT2D eigenvalue weighted by atomic mass is 16.7. The Morgan fingerprint density at radius 1 is 1.03 bits per heavy atom. The first-order valence-corrected chi connectivity index (χ1v) is 13.3. The molecular formula is C30H39N3O2. The van der Waals surface area contributed by atoms with Crippen LogP contribution in [0.25, 0.3) is 0 Å². The van der Waals surface area contributed by atoms with Crippen LogP contribution in [-0.2, 0) is 10.3 Å². The third kappa shape index (κ3) is 5.39. The van der Waals surface area contributed by atoms with Crippen LogP contribution in [0, 0.1) is 0 Å². The number of benzene rings is 2. The van der Waals surface area contributed by atoms with Gasteiger partial charge in [0.1, 0.15) is 5.60 Å². The van der Waals surface area contributed by atoms with Gasteiger partial charge in [0.15, 0.2) is 0 Å². The first-order chi connectivity index (χ1) is 16.8. The van der Waals surface area contributed by atoms with E-state index >= 15 is 0 Å². The number of nitrogens with zero attached hydrogens (tertiary/aromatic N) is 2. The zero-order valence-corrected chi connectivity index (χ0v) is 21.5. The Bertz CT molecular complexity index is 1070. The number of rotatable bonds is 3. The van der Waals surface area contributed by atoms with Gasteiger partial charge in [-0.15, -0.1) is 0 Å². The van der Waals surface area contributed by atoms with Gasteiger partial charge in [-0.1, -0.05) is 75.5 Å². The topological polar surface area (TPSA) is 53.9 Å². The van der Waals surface area contributed by atoms with E-state index in [4.69, 9.17) is 4.84 Å². The van der Waals surface area contributed by atoms with Gasteiger partial charge in [-0.25, -0.2) is 4.79 Å². The number of carbonyl (C=O) groups excluding carboxylic acids is 1. The lowest BCUT2D eigenvalue weighted by molar-refractivity contribution is -0.0544. The van der Waals surface area contributed by atoms with Crippen LogP contribution in [0.3, 0.4) is 0 Å². The van der Waals surface area contributed by atoms with Crippen LogP contribution in [0.15, 0.2) is 53.7 Å². The number of hydrogen-bond donors (Lipinski definition) is 1. The van der Waals surface area contributed by atoms with E-state index < -0.39 is 0 Å². The van der Waals surface area contributed by atoms with Crippen molar-refractivity contribution in [3.63, 3.8) is 0 Å². The number of urea groups is 1. The summed E-state index contributed by atoms with van der Waals surface area (Å²) in [6.45, 7) is 7.93. The highest BCUT2D eigenvalue weighted by Gasteiger charge is 2.43. The van der Waals surface area contributed by atoms with Gasteiger partial charge >= 0.3 is 6.03 Å². The van der Waals surface area contributed by atoms with Crippen LogP contribution in [0.2, 0.25) is 0 Å². The van der Waals surface area contributed by atoms with Gasteiger partial charge in [-0.3, -0.25) is 0 Å². The minimum Gasteiger partial charge on any atom is -0.388 e. The molecule has 2 fully saturated rings. The number of anilines is 1. The van der Waals surface area contributed by atoms with E-state index in [1.807, 2.05) is 17.0 Å². The summed E-state index contributed by atoms with van der Waals surface area (Å²) in [6, 6.07) is 17.1. The zero-order valence-electron chi connectivity index (χ0n) is 21.5. The molecule has 5 heteroatoms. The Morgan fingerprint density at radius 2 is 1.74 bits per heavy atom. The first-order valence-electron chi connectivity index (χ1n) is 13.3. The SMILES string of the molecule is CC(C)(C)c1ccc(NC(=O)N2CCC3(CC2)CC(c2cccc(C4CCCCC4)c2)=NO3)cc1. The summed E-state index contributed by atoms with van der Waals surface area (Å²) < 4.78 is 0. The summed E-state index contributed by atoms with van der Waals surface area (Å²) in [5, 5.41) is 7.59. The fourth-order valence-corrected chi connectivity index (χ4v) is 5.73. The standard InChI is InChI=1S/C30H39N3O2/c1-29(2,3)25-12-14-26(15-13-25)31-28(34)33-18-16-30(17-19-33)21-27(32-35-30)24-11-7-10-23(20-24)22-8-5-4-6-9-22/h7,10-15,20,22H,4-6,8-9,16-19,21H2,1-3H3,(H,31,34). The molecule has 0 bridgehead atoms. The van der Waals surface area contributed by atoms with Gasteiger partial charge in [0.05, 0.1) is 5.71 Å². The molecule has 5 rings (SSSR count). The first kappa shape index (κ1) is 23.9. The number of oxime groups is 1. The molecule has 1 saturated carbocycles. The van der Waals surface area contributed by atoms with Crippen molar-refractivity contribution in [1.29, 1.82) is 0 Å². The van der Waals surface area contributed by atoms with E-state index in [1.165, 1.54) is 48.8 Å². The summed E-state index contributed by atoms with van der Waals surface area (Å²) in [5.41, 5.74) is 5.62. The molecule has 0 aromatic heterocycles. The van der Waals surface area contributed by atoms with E-state index in [0.717, 1.165) is 30.7 Å². The minimum atomic E-state index is -0.276. The van der Waals surface area contributed by atoms with Crippen LogP contribution in [0.4, 0.5) is 10.5 Å². The highest BCUT2D eigenvalue weighted by molar-refractivity contribution is 6.01. The van der Waals surface area contributed by atoms with E-state index in [2.05, 4.69) is 67.6 Å². The maximum Gasteiger partial charge on any atom is 0.321 e. The van der Waals surface area contributed by atoms with Gasteiger partial charge in [0.25, 0.3) is 0 Å². The Balaban J connectivity index is 1.15. The molecule has 1 N–H and O–H groups in total. The maximum absolute atomic E-state index is 12.9. The summed E-state index contributed by atoms with van der Waals surface area (Å²) in [6.07, 6.45) is 9.09. The Labute approximate surface area is 209 Å². The summed E-state index contributed by atoms with van der Waals surface area (Å²) in [5.74, 6) is 0.687. The average molecular weight is 474 g/mol. The molecule has 35 heavy (non-hydrogen) atoms. The van der Waals surface area contributed by atoms with Gasteiger partial charge < -0.3 is 15.1 Å². The van der Waals surface area contributed by atoms with Crippen molar-refractivity contribution in [3.05, 3.63) is 65.2 Å². The van der Waals surface area contributed by atoms with E-state index in [0.29, 0.717) is 19.0 Å². The third-order valence-electron chi connectivity index (χ3n) is 8.10. The second kappa shape index (κ2) is 9.67. The molecule has 0 atom stereocenters. The van der Waals surface area contributed by atoms with Gasteiger partial charge in [0, 0.05) is 38.0 Å². The van der Waals surface area contributed by atoms with Crippen molar-refractivity contribution in [1.82, 2.24) is 4.90 Å². The molecule has 2 heterocycles. The molecule has 1 aliphatic carbocycles. The minimum absolute atomic E-state index is 0.0392. The zero-order chi connectivity index (χ0) is 24.5. The Morgan fingerprint density at radius 3 is 2.43 bits per heavy atom. The molecule has 1 spiro atoms. The second-order valence-corrected chi connectivity index (χ2v) is 11.7. The van der Waals surface area contributed by atoms with Crippen molar-refractivity contribution < 1.29 is 9.63 Å². The molecular weight excluding hydrogens is 434 g/mol. The fraction of sp³-hybridized carbons (Fsp3) is 0.533. The van der Waals surface area contributed by atoms with Gasteiger partial charge in [-0.05, 0) is 59.1 Å². The summed E-state index contributed by atoms with van der Waals surface area (Å²) >= 11 is 0. The largest absolute Gasteiger partial charge is 0.388 e. The number of carbonyl (C=O) groups is 1. The van der Waals surface area contributed by atoms with Crippen LogP contribution in [0.1, 0.15) is 94.7 Å². The number of nitrogens with one attached hydrogen (secondary N) is 1. The molecule has 5 nitrogen and oxygen atoms in total. The second-order valence-electron chi connectivity index (χ2n) is 11.7. The predicted molar refractivity (Wildman–Crippen MR) is 142 cm³/mol. The van der Waals surface area contributed by atoms with Crippen LogP contribution < -0.4 is 5.32 Å². The van der Waals surface area contributed by atoms with Crippen molar-refractivity contribution in [3.8, 4) is 0 Å². The molecule has 0 unspecified atom stereocenters. The Kier molecular flexibility index (Phi) is 6.61. The molecule has 186 valence electrons. The van der Waals surface area contributed by atoms with E-state index in [9.17, 15) is 4.79 Å². The van der Waals surface area contributed by atoms with Crippen molar-refractivity contribution in [2.75, 3.05) is 18.4 Å². The number of hydrogen-bond acceptors (Lipinski definition) is 3. The smallest absolute Gasteiger partial charge is 0.321 e. The molecule has 2 aliphatic heterocycles. The summed E-state index contributed by atoms with van der Waals surface area (Å²) in [7, 11) is 0. The molecule has 0 radical (unpaired) electrons. The van der Waals surface area contributed by atoms with Crippen LogP contribution in [-0.4, -0.2) is 35.3 Å². The number of amides is 2. The number of likely N-dealkylation sites (tertiary alicyclic amines) is 1. The molecule has 3 aliphatic rings. The summed E-state index contributed by atoms with van der Waals surface area (Å²) in [4.78, 5) is 20.8. The van der Waals surface area contributed by atoms with Crippen LogP contribution in [0.5, 0.6) is 0 Å². The fourth-order valence-electron chi connectivity index (χ4n) is 5.73. The van der Waals surface area contributed by atoms with Gasteiger partial charge in [-0.2, -0.15) is 0 Å². The van der Waals surface area contributed by atoms with Crippen molar-refractivity contribution in [2.45, 2.75) is 89.1 Å². The normalized spacial score (nSPS) is 20.4. The quantitative estimate of drug-likeness (QED) is 0.511. The molecule has 2 amide bonds. The average Bonchev–Trinajstić information content (AvgIpc) is 3.28. The third-order valence-corrected chi connectivity index (χ3v) is 8.10. The van der Waals surface area contributed by atoms with E-state index in [-0.39, 0.29) is 17.0 Å². The predicted octanol–water partition coefficient (Wildman–Crippen LogP) is 7.22. The lowest BCUT2D eigenvalue weighted by atomic mass is 9.82. The van der Waals surface area contributed by atoms with E-state index in [1.54, 1.807) is 0 Å². The monoisotopic (exact) mass is 473 g/mol. The number of piperidine rings is 1. The molecule has 2 aromatic rings. The molecule has 1 saturated heterocycles. The Hall–Kier alpha value is -2.82. The molecule has 2 aromatic carbocycles. The van der Waals surface area contributed by atoms with Crippen LogP contribution >= 0.6 is 0 Å².